The Hall–Kier alpha value is -1.95. The fourth-order valence-electron chi connectivity index (χ4n) is 1.61. The highest BCUT2D eigenvalue weighted by molar-refractivity contribution is 9.10. The molecule has 0 spiro atoms. The molecule has 6 heteroatoms. The minimum absolute atomic E-state index is 0.175. The van der Waals surface area contributed by atoms with Crippen LogP contribution in [0.1, 0.15) is 15.9 Å². The Kier molecular flexibility index (Phi) is 4.11. The predicted octanol–water partition coefficient (Wildman–Crippen LogP) is 1.84. The quantitative estimate of drug-likeness (QED) is 0.809. The van der Waals surface area contributed by atoms with Crippen LogP contribution in [-0.2, 0) is 11.3 Å². The third kappa shape index (κ3) is 3.08. The number of carbonyl (C=O) groups excluding carboxylic acids is 1. The summed E-state index contributed by atoms with van der Waals surface area (Å²) in [7, 11) is 1.33. The van der Waals surface area contributed by atoms with E-state index >= 15 is 0 Å². The van der Waals surface area contributed by atoms with Crippen LogP contribution in [0.2, 0.25) is 0 Å². The Morgan fingerprint density at radius 2 is 2.26 bits per heavy atom. The molecule has 0 unspecified atom stereocenters. The molecule has 5 nitrogen and oxygen atoms in total. The molecule has 0 aliphatic rings. The van der Waals surface area contributed by atoms with Gasteiger partial charge in [-0.05, 0) is 17.7 Å². The fourth-order valence-corrected chi connectivity index (χ4v) is 2.11. The van der Waals surface area contributed by atoms with E-state index in [-0.39, 0.29) is 5.56 Å². The summed E-state index contributed by atoms with van der Waals surface area (Å²) in [6, 6.07) is 5.12. The maximum atomic E-state index is 11.6. The number of methoxy groups -OCH3 is 1. The molecule has 1 aromatic heterocycles. The van der Waals surface area contributed by atoms with E-state index in [1.165, 1.54) is 17.9 Å². The number of hydrogen-bond acceptors (Lipinski definition) is 4. The van der Waals surface area contributed by atoms with E-state index in [1.54, 1.807) is 30.6 Å². The Bertz CT molecular complexity index is 667. The summed E-state index contributed by atoms with van der Waals surface area (Å²) in [5.41, 5.74) is 1.17. The zero-order chi connectivity index (χ0) is 13.8. The topological polar surface area (TPSA) is 61.2 Å². The van der Waals surface area contributed by atoms with Gasteiger partial charge in [-0.25, -0.2) is 4.79 Å². The number of halogens is 1. The first kappa shape index (κ1) is 13.5. The third-order valence-electron chi connectivity index (χ3n) is 2.62. The van der Waals surface area contributed by atoms with Gasteiger partial charge in [0.25, 0.3) is 5.56 Å². The van der Waals surface area contributed by atoms with Crippen LogP contribution in [0.5, 0.6) is 0 Å². The first-order valence-electron chi connectivity index (χ1n) is 5.49. The monoisotopic (exact) mass is 322 g/mol. The van der Waals surface area contributed by atoms with Crippen LogP contribution < -0.4 is 5.56 Å². The molecule has 0 saturated heterocycles. The average Bonchev–Trinajstić information content (AvgIpc) is 2.42. The summed E-state index contributed by atoms with van der Waals surface area (Å²) >= 11 is 3.39. The van der Waals surface area contributed by atoms with E-state index < -0.39 is 5.97 Å². The molecule has 1 heterocycles. The van der Waals surface area contributed by atoms with Crippen molar-refractivity contribution in [2.24, 2.45) is 0 Å². The van der Waals surface area contributed by atoms with Gasteiger partial charge in [0.05, 0.1) is 25.4 Å². The van der Waals surface area contributed by atoms with Gasteiger partial charge >= 0.3 is 5.97 Å². The lowest BCUT2D eigenvalue weighted by atomic mass is 10.1. The van der Waals surface area contributed by atoms with Crippen molar-refractivity contribution in [2.75, 3.05) is 7.11 Å². The Morgan fingerprint density at radius 1 is 1.47 bits per heavy atom. The summed E-state index contributed by atoms with van der Waals surface area (Å²) in [5, 5.41) is 0. The number of ether oxygens (including phenoxy) is 1. The number of aromatic nitrogens is 2. The van der Waals surface area contributed by atoms with Crippen LogP contribution in [0.4, 0.5) is 0 Å². The number of nitrogens with zero attached hydrogens (tertiary/aromatic N) is 2. The summed E-state index contributed by atoms with van der Waals surface area (Å²) in [4.78, 5) is 26.7. The van der Waals surface area contributed by atoms with Gasteiger partial charge in [-0.2, -0.15) is 0 Å². The maximum Gasteiger partial charge on any atom is 0.337 e. The standard InChI is InChI=1S/C13H11BrN2O3/c1-19-13(18)9-2-3-10(11(14)6-9)8-16-5-4-15-7-12(16)17/h2-7H,8H2,1H3. The van der Waals surface area contributed by atoms with E-state index in [4.69, 9.17) is 0 Å². The lowest BCUT2D eigenvalue weighted by molar-refractivity contribution is 0.0600. The maximum absolute atomic E-state index is 11.6. The number of esters is 1. The molecular formula is C13H11BrN2O3. The van der Waals surface area contributed by atoms with Crippen molar-refractivity contribution in [3.05, 3.63) is 62.7 Å². The van der Waals surface area contributed by atoms with Crippen LogP contribution in [0.15, 0.2) is 46.1 Å². The zero-order valence-electron chi connectivity index (χ0n) is 10.2. The molecule has 2 aromatic rings. The van der Waals surface area contributed by atoms with Crippen molar-refractivity contribution < 1.29 is 9.53 Å². The minimum atomic E-state index is -0.395. The summed E-state index contributed by atoms with van der Waals surface area (Å²) in [6.45, 7) is 0.406. The van der Waals surface area contributed by atoms with Gasteiger partial charge in [0.1, 0.15) is 0 Å². The van der Waals surface area contributed by atoms with E-state index in [0.717, 1.165) is 10.0 Å². The normalized spacial score (nSPS) is 10.2. The predicted molar refractivity (Wildman–Crippen MR) is 73.1 cm³/mol. The van der Waals surface area contributed by atoms with Crippen molar-refractivity contribution in [1.82, 2.24) is 9.55 Å². The van der Waals surface area contributed by atoms with Crippen molar-refractivity contribution in [3.8, 4) is 0 Å². The number of benzene rings is 1. The smallest absolute Gasteiger partial charge is 0.337 e. The fraction of sp³-hybridized carbons (Fsp3) is 0.154. The first-order valence-corrected chi connectivity index (χ1v) is 6.28. The zero-order valence-corrected chi connectivity index (χ0v) is 11.8. The Balaban J connectivity index is 2.30. The van der Waals surface area contributed by atoms with E-state index in [0.29, 0.717) is 12.1 Å². The van der Waals surface area contributed by atoms with E-state index in [2.05, 4.69) is 25.7 Å². The molecule has 0 radical (unpaired) electrons. The molecule has 19 heavy (non-hydrogen) atoms. The Morgan fingerprint density at radius 3 is 2.89 bits per heavy atom. The number of carbonyl (C=O) groups is 1. The molecular weight excluding hydrogens is 312 g/mol. The second-order valence-electron chi connectivity index (χ2n) is 3.84. The second-order valence-corrected chi connectivity index (χ2v) is 4.69. The first-order chi connectivity index (χ1) is 9.11. The van der Waals surface area contributed by atoms with E-state index in [9.17, 15) is 9.59 Å². The molecule has 0 aliphatic carbocycles. The molecule has 0 amide bonds. The number of rotatable bonds is 3. The van der Waals surface area contributed by atoms with Crippen LogP contribution in [0, 0.1) is 0 Å². The lowest BCUT2D eigenvalue weighted by Gasteiger charge is -2.08. The van der Waals surface area contributed by atoms with Gasteiger partial charge in [0.2, 0.25) is 0 Å². The van der Waals surface area contributed by atoms with Crippen molar-refractivity contribution >= 4 is 21.9 Å². The molecule has 2 rings (SSSR count). The summed E-state index contributed by atoms with van der Waals surface area (Å²) in [6.07, 6.45) is 4.43. The number of hydrogen-bond donors (Lipinski definition) is 0. The Labute approximate surface area is 118 Å². The largest absolute Gasteiger partial charge is 0.465 e. The molecule has 0 N–H and O–H groups in total. The van der Waals surface area contributed by atoms with Crippen molar-refractivity contribution in [2.45, 2.75) is 6.54 Å². The van der Waals surface area contributed by atoms with Gasteiger partial charge in [0, 0.05) is 16.9 Å². The van der Waals surface area contributed by atoms with Crippen LogP contribution in [0.3, 0.4) is 0 Å². The average molecular weight is 323 g/mol. The highest BCUT2D eigenvalue weighted by Gasteiger charge is 2.09. The van der Waals surface area contributed by atoms with Crippen molar-refractivity contribution in [1.29, 1.82) is 0 Å². The van der Waals surface area contributed by atoms with E-state index in [1.807, 2.05) is 0 Å². The molecule has 0 saturated carbocycles. The molecule has 0 atom stereocenters. The van der Waals surface area contributed by atoms with Gasteiger partial charge in [-0.3, -0.25) is 9.78 Å². The van der Waals surface area contributed by atoms with Gasteiger partial charge in [-0.15, -0.1) is 0 Å². The van der Waals surface area contributed by atoms with Crippen LogP contribution in [0.25, 0.3) is 0 Å². The highest BCUT2D eigenvalue weighted by Crippen LogP contribution is 2.19. The summed E-state index contributed by atoms with van der Waals surface area (Å²) in [5.74, 6) is -0.395. The van der Waals surface area contributed by atoms with Crippen molar-refractivity contribution in [3.63, 3.8) is 0 Å². The molecule has 0 bridgehead atoms. The third-order valence-corrected chi connectivity index (χ3v) is 3.35. The van der Waals surface area contributed by atoms with Gasteiger partial charge < -0.3 is 9.30 Å². The van der Waals surface area contributed by atoms with Crippen LogP contribution >= 0.6 is 15.9 Å². The molecule has 98 valence electrons. The SMILES string of the molecule is COC(=O)c1ccc(Cn2ccncc2=O)c(Br)c1. The minimum Gasteiger partial charge on any atom is -0.465 e. The highest BCUT2D eigenvalue weighted by atomic mass is 79.9. The lowest BCUT2D eigenvalue weighted by Crippen LogP contribution is -2.19. The summed E-state index contributed by atoms with van der Waals surface area (Å²) < 4.78 is 6.93. The molecule has 0 fully saturated rings. The van der Waals surface area contributed by atoms with Gasteiger partial charge in [-0.1, -0.05) is 22.0 Å². The van der Waals surface area contributed by atoms with Crippen LogP contribution in [-0.4, -0.2) is 22.6 Å². The molecule has 1 aromatic carbocycles. The van der Waals surface area contributed by atoms with Gasteiger partial charge in [0.15, 0.2) is 0 Å². The second kappa shape index (κ2) is 5.79. The molecule has 0 aliphatic heterocycles.